The van der Waals surface area contributed by atoms with Crippen LogP contribution in [0.15, 0.2) is 12.7 Å². The van der Waals surface area contributed by atoms with Crippen LogP contribution in [0.3, 0.4) is 0 Å². The number of carbonyl (C=O) groups excluding carboxylic acids is 2. The summed E-state index contributed by atoms with van der Waals surface area (Å²) in [7, 11) is 0. The lowest BCUT2D eigenvalue weighted by Gasteiger charge is -2.19. The summed E-state index contributed by atoms with van der Waals surface area (Å²) >= 11 is 0. The highest BCUT2D eigenvalue weighted by Crippen LogP contribution is 2.05. The van der Waals surface area contributed by atoms with Crippen molar-refractivity contribution in [2.75, 3.05) is 0 Å². The predicted molar refractivity (Wildman–Crippen MR) is 47.0 cm³/mol. The molecule has 0 aromatic carbocycles. The molecule has 0 bridgehead atoms. The molecule has 0 aromatic heterocycles. The average Bonchev–Trinajstić information content (AvgIpc) is 1.98. The van der Waals surface area contributed by atoms with E-state index in [1.165, 1.54) is 19.9 Å². The Labute approximate surface area is 77.5 Å². The molecule has 0 heterocycles. The smallest absolute Gasteiger partial charge is 0.303 e. The van der Waals surface area contributed by atoms with Gasteiger partial charge in [-0.2, -0.15) is 0 Å². The van der Waals surface area contributed by atoms with Gasteiger partial charge in [0.05, 0.1) is 0 Å². The zero-order chi connectivity index (χ0) is 10.4. The number of rotatable bonds is 4. The van der Waals surface area contributed by atoms with E-state index in [2.05, 4.69) is 6.58 Å². The number of ether oxygens (including phenoxy) is 2. The second kappa shape index (κ2) is 5.35. The molecule has 0 aliphatic rings. The molecule has 2 atom stereocenters. The summed E-state index contributed by atoms with van der Waals surface area (Å²) in [5, 5.41) is 0. The first-order chi connectivity index (χ1) is 5.97. The van der Waals surface area contributed by atoms with E-state index in [-0.39, 0.29) is 0 Å². The Bertz CT molecular complexity index is 210. The van der Waals surface area contributed by atoms with Crippen molar-refractivity contribution in [2.45, 2.75) is 33.0 Å². The Morgan fingerprint density at radius 3 is 2.00 bits per heavy atom. The van der Waals surface area contributed by atoms with Crippen LogP contribution in [0.4, 0.5) is 0 Å². The number of esters is 2. The molecule has 0 saturated carbocycles. The molecule has 74 valence electrons. The molecule has 0 amide bonds. The zero-order valence-electron chi connectivity index (χ0n) is 8.07. The molecule has 13 heavy (non-hydrogen) atoms. The largest absolute Gasteiger partial charge is 0.459 e. The third-order valence-electron chi connectivity index (χ3n) is 1.35. The van der Waals surface area contributed by atoms with Gasteiger partial charge in [0.15, 0.2) is 6.10 Å². The van der Waals surface area contributed by atoms with E-state index in [0.717, 1.165) is 0 Å². The average molecular weight is 186 g/mol. The summed E-state index contributed by atoms with van der Waals surface area (Å²) in [6, 6.07) is 0. The van der Waals surface area contributed by atoms with Crippen LogP contribution >= 0.6 is 0 Å². The quantitative estimate of drug-likeness (QED) is 0.486. The van der Waals surface area contributed by atoms with Crippen molar-refractivity contribution in [2.24, 2.45) is 0 Å². The lowest BCUT2D eigenvalue weighted by atomic mass is 10.2. The Morgan fingerprint density at radius 1 is 1.23 bits per heavy atom. The second-order valence-corrected chi connectivity index (χ2v) is 2.62. The third kappa shape index (κ3) is 5.00. The minimum Gasteiger partial charge on any atom is -0.459 e. The van der Waals surface area contributed by atoms with Gasteiger partial charge in [-0.15, -0.1) is 0 Å². The molecule has 0 spiro atoms. The lowest BCUT2D eigenvalue weighted by molar-refractivity contribution is -0.160. The molecular weight excluding hydrogens is 172 g/mol. The molecule has 0 rings (SSSR count). The summed E-state index contributed by atoms with van der Waals surface area (Å²) in [4.78, 5) is 21.2. The molecular formula is C9H14O4. The van der Waals surface area contributed by atoms with Crippen LogP contribution in [0.5, 0.6) is 0 Å². The van der Waals surface area contributed by atoms with Crippen molar-refractivity contribution in [3.8, 4) is 0 Å². The van der Waals surface area contributed by atoms with Gasteiger partial charge >= 0.3 is 11.9 Å². The van der Waals surface area contributed by atoms with Gasteiger partial charge in [0.2, 0.25) is 0 Å². The Kier molecular flexibility index (Phi) is 4.80. The summed E-state index contributed by atoms with van der Waals surface area (Å²) < 4.78 is 9.64. The Hall–Kier alpha value is -1.32. The first-order valence-corrected chi connectivity index (χ1v) is 3.94. The van der Waals surface area contributed by atoms with E-state index < -0.39 is 24.1 Å². The van der Waals surface area contributed by atoms with Crippen LogP contribution in [0.25, 0.3) is 0 Å². The van der Waals surface area contributed by atoms with Crippen LogP contribution in [0.1, 0.15) is 20.8 Å². The van der Waals surface area contributed by atoms with E-state index in [1.54, 1.807) is 6.92 Å². The third-order valence-corrected chi connectivity index (χ3v) is 1.35. The maximum absolute atomic E-state index is 10.6. The summed E-state index contributed by atoms with van der Waals surface area (Å²) in [6.45, 7) is 7.69. The fourth-order valence-corrected chi connectivity index (χ4v) is 0.856. The van der Waals surface area contributed by atoms with Crippen molar-refractivity contribution in [1.82, 2.24) is 0 Å². The van der Waals surface area contributed by atoms with Crippen molar-refractivity contribution in [3.63, 3.8) is 0 Å². The number of hydrogen-bond acceptors (Lipinski definition) is 4. The van der Waals surface area contributed by atoms with Crippen molar-refractivity contribution < 1.29 is 19.1 Å². The Balaban J connectivity index is 4.14. The molecule has 0 N–H and O–H groups in total. The molecule has 0 fully saturated rings. The first-order valence-electron chi connectivity index (χ1n) is 3.94. The van der Waals surface area contributed by atoms with Crippen LogP contribution in [-0.4, -0.2) is 24.1 Å². The summed E-state index contributed by atoms with van der Waals surface area (Å²) in [6.07, 6.45) is 0.343. The molecule has 0 aliphatic heterocycles. The molecule has 0 radical (unpaired) electrons. The minimum absolute atomic E-state index is 0.411. The monoisotopic (exact) mass is 186 g/mol. The van der Waals surface area contributed by atoms with E-state index >= 15 is 0 Å². The van der Waals surface area contributed by atoms with Gasteiger partial charge in [0, 0.05) is 13.8 Å². The molecule has 4 heteroatoms. The maximum Gasteiger partial charge on any atom is 0.303 e. The summed E-state index contributed by atoms with van der Waals surface area (Å²) in [5.74, 6) is -0.838. The van der Waals surface area contributed by atoms with Gasteiger partial charge in [-0.3, -0.25) is 9.59 Å². The lowest BCUT2D eigenvalue weighted by Crippen LogP contribution is -2.30. The van der Waals surface area contributed by atoms with E-state index in [0.29, 0.717) is 0 Å². The van der Waals surface area contributed by atoms with Gasteiger partial charge < -0.3 is 9.47 Å². The van der Waals surface area contributed by atoms with Gasteiger partial charge in [0.25, 0.3) is 0 Å². The predicted octanol–water partition coefficient (Wildman–Crippen LogP) is 1.06. The molecule has 0 aliphatic carbocycles. The number of carbonyl (C=O) groups is 2. The van der Waals surface area contributed by atoms with Gasteiger partial charge in [-0.25, -0.2) is 0 Å². The molecule has 0 aromatic rings. The molecule has 4 nitrogen and oxygen atoms in total. The highest BCUT2D eigenvalue weighted by molar-refractivity contribution is 5.67. The molecule has 0 saturated heterocycles. The van der Waals surface area contributed by atoms with Gasteiger partial charge in [0.1, 0.15) is 6.10 Å². The fraction of sp³-hybridized carbons (Fsp3) is 0.556. The molecule has 0 unspecified atom stereocenters. The maximum atomic E-state index is 10.6. The topological polar surface area (TPSA) is 52.6 Å². The number of hydrogen-bond donors (Lipinski definition) is 0. The fourth-order valence-electron chi connectivity index (χ4n) is 0.856. The van der Waals surface area contributed by atoms with Crippen LogP contribution in [-0.2, 0) is 19.1 Å². The van der Waals surface area contributed by atoms with E-state index in [1.807, 2.05) is 0 Å². The highest BCUT2D eigenvalue weighted by Gasteiger charge is 2.18. The van der Waals surface area contributed by atoms with Gasteiger partial charge in [-0.05, 0) is 13.0 Å². The van der Waals surface area contributed by atoms with Crippen molar-refractivity contribution in [1.29, 1.82) is 0 Å². The van der Waals surface area contributed by atoms with Gasteiger partial charge in [-0.1, -0.05) is 6.58 Å². The van der Waals surface area contributed by atoms with E-state index in [4.69, 9.17) is 9.47 Å². The minimum atomic E-state index is -0.582. The standard InChI is InChI=1S/C9H14O4/c1-5-9(13-8(4)11)6(2)12-7(3)10/h5-6,9H,1H2,2-4H3/t6-,9+/m1/s1. The van der Waals surface area contributed by atoms with Crippen molar-refractivity contribution >= 4 is 11.9 Å². The first kappa shape index (κ1) is 11.7. The second-order valence-electron chi connectivity index (χ2n) is 2.62. The van der Waals surface area contributed by atoms with Crippen LogP contribution < -0.4 is 0 Å². The van der Waals surface area contributed by atoms with Crippen LogP contribution in [0.2, 0.25) is 0 Å². The zero-order valence-corrected chi connectivity index (χ0v) is 8.07. The van der Waals surface area contributed by atoms with Crippen molar-refractivity contribution in [3.05, 3.63) is 12.7 Å². The van der Waals surface area contributed by atoms with E-state index in [9.17, 15) is 9.59 Å². The normalized spacial score (nSPS) is 14.1. The summed E-state index contributed by atoms with van der Waals surface area (Å²) in [5.41, 5.74) is 0. The Morgan fingerprint density at radius 2 is 1.69 bits per heavy atom. The SMILES string of the molecule is C=C[C@H](OC(C)=O)[C@@H](C)OC(C)=O. The van der Waals surface area contributed by atoms with Crippen LogP contribution in [0, 0.1) is 0 Å². The highest BCUT2D eigenvalue weighted by atomic mass is 16.6.